The van der Waals surface area contributed by atoms with Gasteiger partial charge in [-0.15, -0.1) is 0 Å². The van der Waals surface area contributed by atoms with E-state index in [-0.39, 0.29) is 22.6 Å². The van der Waals surface area contributed by atoms with Gasteiger partial charge in [-0.05, 0) is 61.6 Å². The number of benzene rings is 2. The number of rotatable bonds is 5. The lowest BCUT2D eigenvalue weighted by Crippen LogP contribution is -2.31. The predicted molar refractivity (Wildman–Crippen MR) is 111 cm³/mol. The van der Waals surface area contributed by atoms with Gasteiger partial charge < -0.3 is 5.32 Å². The first-order chi connectivity index (χ1) is 13.2. The summed E-state index contributed by atoms with van der Waals surface area (Å²) >= 11 is 0. The molecule has 0 saturated carbocycles. The van der Waals surface area contributed by atoms with E-state index in [2.05, 4.69) is 15.0 Å². The molecule has 2 aromatic carbocycles. The van der Waals surface area contributed by atoms with Crippen molar-refractivity contribution in [1.29, 1.82) is 0 Å². The standard InChI is InChI=1S/C21H25N3O3S/c1-13(2)11-18(21(25)22-16-10-9-14(3)15(4)12-16)23-20-17-7-5-6-8-19(17)28(26,27)24-20/h5-10,12-13,18H,11H2,1-4H3,(H,22,25)(H,23,24). The van der Waals surface area contributed by atoms with Crippen LogP contribution in [-0.2, 0) is 14.8 Å². The molecule has 1 aliphatic rings. The Kier molecular flexibility index (Phi) is 5.56. The van der Waals surface area contributed by atoms with Crippen molar-refractivity contribution in [1.82, 2.24) is 4.72 Å². The molecule has 28 heavy (non-hydrogen) atoms. The molecule has 1 aliphatic heterocycles. The van der Waals surface area contributed by atoms with Crippen molar-refractivity contribution < 1.29 is 13.2 Å². The zero-order chi connectivity index (χ0) is 20.5. The van der Waals surface area contributed by atoms with E-state index >= 15 is 0 Å². The lowest BCUT2D eigenvalue weighted by Gasteiger charge is -2.16. The van der Waals surface area contributed by atoms with E-state index in [0.717, 1.165) is 11.1 Å². The number of amidine groups is 1. The lowest BCUT2D eigenvalue weighted by molar-refractivity contribution is -0.117. The summed E-state index contributed by atoms with van der Waals surface area (Å²) in [6, 6.07) is 11.7. The minimum Gasteiger partial charge on any atom is -0.324 e. The molecule has 0 aromatic heterocycles. The van der Waals surface area contributed by atoms with Gasteiger partial charge in [-0.25, -0.2) is 8.42 Å². The van der Waals surface area contributed by atoms with Gasteiger partial charge in [0, 0.05) is 11.3 Å². The predicted octanol–water partition coefficient (Wildman–Crippen LogP) is 3.40. The third-order valence-electron chi connectivity index (χ3n) is 4.72. The van der Waals surface area contributed by atoms with Gasteiger partial charge in [-0.2, -0.15) is 0 Å². The van der Waals surface area contributed by atoms with Crippen LogP contribution in [0.2, 0.25) is 0 Å². The SMILES string of the molecule is Cc1ccc(NC(=O)C(CC(C)C)N=C2NS(=O)(=O)c3ccccc32)cc1C. The molecule has 7 heteroatoms. The highest BCUT2D eigenvalue weighted by atomic mass is 32.2. The molecular formula is C21H25N3O3S. The number of sulfonamides is 1. The maximum Gasteiger partial charge on any atom is 0.263 e. The number of carbonyl (C=O) groups is 1. The molecule has 1 unspecified atom stereocenters. The molecule has 0 radical (unpaired) electrons. The quantitative estimate of drug-likeness (QED) is 0.808. The van der Waals surface area contributed by atoms with Crippen molar-refractivity contribution in [2.45, 2.75) is 45.1 Å². The number of amides is 1. The highest BCUT2D eigenvalue weighted by molar-refractivity contribution is 7.90. The number of nitrogens with zero attached hydrogens (tertiary/aromatic N) is 1. The van der Waals surface area contributed by atoms with Crippen molar-refractivity contribution in [2.24, 2.45) is 10.9 Å². The summed E-state index contributed by atoms with van der Waals surface area (Å²) in [5, 5.41) is 2.91. The molecule has 6 nitrogen and oxygen atoms in total. The van der Waals surface area contributed by atoms with Crippen LogP contribution in [0, 0.1) is 19.8 Å². The molecule has 1 atom stereocenters. The van der Waals surface area contributed by atoms with Crippen molar-refractivity contribution in [3.05, 3.63) is 59.2 Å². The zero-order valence-corrected chi connectivity index (χ0v) is 17.3. The Balaban J connectivity index is 1.91. The first kappa shape index (κ1) is 20.1. The van der Waals surface area contributed by atoms with Crippen molar-refractivity contribution in [2.75, 3.05) is 5.32 Å². The van der Waals surface area contributed by atoms with Gasteiger partial charge >= 0.3 is 0 Å². The molecule has 2 aromatic rings. The van der Waals surface area contributed by atoms with E-state index < -0.39 is 16.1 Å². The molecule has 148 valence electrons. The Labute approximate surface area is 166 Å². The zero-order valence-electron chi connectivity index (χ0n) is 16.5. The molecule has 1 amide bonds. The van der Waals surface area contributed by atoms with Gasteiger partial charge in [0.2, 0.25) is 5.91 Å². The Morgan fingerprint density at radius 1 is 1.11 bits per heavy atom. The first-order valence-corrected chi connectivity index (χ1v) is 10.7. The van der Waals surface area contributed by atoms with E-state index in [1.165, 1.54) is 6.07 Å². The van der Waals surface area contributed by atoms with Gasteiger partial charge in [-0.3, -0.25) is 14.5 Å². The van der Waals surface area contributed by atoms with Crippen LogP contribution in [0.3, 0.4) is 0 Å². The van der Waals surface area contributed by atoms with Crippen molar-refractivity contribution >= 4 is 27.5 Å². The van der Waals surface area contributed by atoms with Gasteiger partial charge in [0.15, 0.2) is 0 Å². The van der Waals surface area contributed by atoms with E-state index in [0.29, 0.717) is 17.7 Å². The Hall–Kier alpha value is -2.67. The highest BCUT2D eigenvalue weighted by Crippen LogP contribution is 2.24. The number of hydrogen-bond donors (Lipinski definition) is 2. The van der Waals surface area contributed by atoms with Crippen LogP contribution in [0.1, 0.15) is 37.0 Å². The minimum absolute atomic E-state index is 0.187. The van der Waals surface area contributed by atoms with Gasteiger partial charge in [0.05, 0.1) is 4.90 Å². The van der Waals surface area contributed by atoms with Gasteiger partial charge in [0.25, 0.3) is 10.0 Å². The van der Waals surface area contributed by atoms with E-state index in [1.807, 2.05) is 45.9 Å². The van der Waals surface area contributed by atoms with Crippen LogP contribution in [0.4, 0.5) is 5.69 Å². The number of aryl methyl sites for hydroxylation is 2. The summed E-state index contributed by atoms with van der Waals surface area (Å²) in [5.41, 5.74) is 3.43. The number of anilines is 1. The Morgan fingerprint density at radius 3 is 2.50 bits per heavy atom. The summed E-state index contributed by atoms with van der Waals surface area (Å²) < 4.78 is 27.1. The molecule has 0 fully saturated rings. The van der Waals surface area contributed by atoms with E-state index in [4.69, 9.17) is 0 Å². The maximum absolute atomic E-state index is 12.9. The molecular weight excluding hydrogens is 374 g/mol. The van der Waals surface area contributed by atoms with Crippen LogP contribution < -0.4 is 10.0 Å². The van der Waals surface area contributed by atoms with Crippen molar-refractivity contribution in [3.63, 3.8) is 0 Å². The fraction of sp³-hybridized carbons (Fsp3) is 0.333. The lowest BCUT2D eigenvalue weighted by atomic mass is 10.0. The average Bonchev–Trinajstić information content (AvgIpc) is 2.88. The summed E-state index contributed by atoms with van der Waals surface area (Å²) in [7, 11) is -3.64. The average molecular weight is 400 g/mol. The number of carbonyl (C=O) groups excluding carboxylic acids is 1. The summed E-state index contributed by atoms with van der Waals surface area (Å²) in [6.45, 7) is 8.01. The largest absolute Gasteiger partial charge is 0.324 e. The Bertz CT molecular complexity index is 1040. The molecule has 2 N–H and O–H groups in total. The molecule has 3 rings (SSSR count). The molecule has 0 spiro atoms. The number of hydrogen-bond acceptors (Lipinski definition) is 4. The molecule has 0 saturated heterocycles. The first-order valence-electron chi connectivity index (χ1n) is 9.25. The summed E-state index contributed by atoms with van der Waals surface area (Å²) in [4.78, 5) is 17.6. The molecule has 0 aliphatic carbocycles. The number of nitrogens with one attached hydrogen (secondary N) is 2. The Morgan fingerprint density at radius 2 is 1.82 bits per heavy atom. The fourth-order valence-electron chi connectivity index (χ4n) is 3.10. The number of aliphatic imine (C=N–C) groups is 1. The van der Waals surface area contributed by atoms with Gasteiger partial charge in [0.1, 0.15) is 11.9 Å². The number of fused-ring (bicyclic) bond motifs is 1. The molecule has 1 heterocycles. The molecule has 0 bridgehead atoms. The monoisotopic (exact) mass is 399 g/mol. The topological polar surface area (TPSA) is 87.6 Å². The highest BCUT2D eigenvalue weighted by Gasteiger charge is 2.32. The van der Waals surface area contributed by atoms with E-state index in [1.54, 1.807) is 18.2 Å². The summed E-state index contributed by atoms with van der Waals surface area (Å²) in [5.74, 6) is 0.178. The van der Waals surface area contributed by atoms with Crippen LogP contribution in [0.15, 0.2) is 52.4 Å². The van der Waals surface area contributed by atoms with Crippen LogP contribution >= 0.6 is 0 Å². The normalized spacial score (nSPS) is 17.2. The van der Waals surface area contributed by atoms with Crippen molar-refractivity contribution in [3.8, 4) is 0 Å². The fourth-order valence-corrected chi connectivity index (χ4v) is 4.33. The van der Waals surface area contributed by atoms with Crippen LogP contribution in [0.25, 0.3) is 0 Å². The minimum atomic E-state index is -3.64. The van der Waals surface area contributed by atoms with Crippen LogP contribution in [-0.4, -0.2) is 26.2 Å². The second-order valence-electron chi connectivity index (χ2n) is 7.51. The van der Waals surface area contributed by atoms with Gasteiger partial charge in [-0.1, -0.05) is 32.0 Å². The third-order valence-corrected chi connectivity index (χ3v) is 6.12. The second kappa shape index (κ2) is 7.75. The smallest absolute Gasteiger partial charge is 0.263 e. The second-order valence-corrected chi connectivity index (χ2v) is 9.16. The van der Waals surface area contributed by atoms with Crippen LogP contribution in [0.5, 0.6) is 0 Å². The third kappa shape index (κ3) is 4.25. The van der Waals surface area contributed by atoms with E-state index in [9.17, 15) is 13.2 Å². The summed E-state index contributed by atoms with van der Waals surface area (Å²) in [6.07, 6.45) is 0.504. The maximum atomic E-state index is 12.9.